The summed E-state index contributed by atoms with van der Waals surface area (Å²) < 4.78 is 11.1. The van der Waals surface area contributed by atoms with E-state index < -0.39 is 17.7 Å². The molecule has 1 atom stereocenters. The number of methoxy groups -OCH3 is 1. The number of rotatable bonds is 8. The van der Waals surface area contributed by atoms with E-state index in [0.717, 1.165) is 31.5 Å². The van der Waals surface area contributed by atoms with Crippen LogP contribution >= 0.6 is 0 Å². The van der Waals surface area contributed by atoms with Crippen LogP contribution < -0.4 is 9.47 Å². The van der Waals surface area contributed by atoms with Crippen molar-refractivity contribution in [3.8, 4) is 11.5 Å². The lowest BCUT2D eigenvalue weighted by atomic mass is 9.95. The van der Waals surface area contributed by atoms with Crippen molar-refractivity contribution in [2.24, 2.45) is 0 Å². The highest BCUT2D eigenvalue weighted by Crippen LogP contribution is 2.40. The van der Waals surface area contributed by atoms with Gasteiger partial charge in [-0.25, -0.2) is 0 Å². The molecule has 0 saturated carbocycles. The lowest BCUT2D eigenvalue weighted by molar-refractivity contribution is -0.140. The minimum Gasteiger partial charge on any atom is -0.507 e. The summed E-state index contributed by atoms with van der Waals surface area (Å²) in [6, 6.07) is 13.5. The van der Waals surface area contributed by atoms with Gasteiger partial charge in [0.1, 0.15) is 17.3 Å². The Morgan fingerprint density at radius 1 is 1.03 bits per heavy atom. The fourth-order valence-corrected chi connectivity index (χ4v) is 4.65. The molecule has 0 aliphatic carbocycles. The molecule has 180 valence electrons. The van der Waals surface area contributed by atoms with Crippen molar-refractivity contribution in [2.75, 3.05) is 33.3 Å². The van der Waals surface area contributed by atoms with Gasteiger partial charge in [-0.15, -0.1) is 0 Å². The van der Waals surface area contributed by atoms with Crippen LogP contribution in [0.1, 0.15) is 43.9 Å². The predicted octanol–water partition coefficient (Wildman–Crippen LogP) is 4.00. The van der Waals surface area contributed by atoms with Gasteiger partial charge in [-0.05, 0) is 81.7 Å². The molecule has 7 heteroatoms. The van der Waals surface area contributed by atoms with E-state index in [-0.39, 0.29) is 17.4 Å². The molecule has 0 spiro atoms. The lowest BCUT2D eigenvalue weighted by Gasteiger charge is -2.27. The van der Waals surface area contributed by atoms with Crippen LogP contribution in [0, 0.1) is 0 Å². The first-order valence-electron chi connectivity index (χ1n) is 11.8. The quantitative estimate of drug-likeness (QED) is 0.361. The van der Waals surface area contributed by atoms with Crippen LogP contribution in [0.2, 0.25) is 0 Å². The highest BCUT2D eigenvalue weighted by Gasteiger charge is 2.46. The van der Waals surface area contributed by atoms with E-state index in [1.165, 1.54) is 0 Å². The van der Waals surface area contributed by atoms with Gasteiger partial charge >= 0.3 is 0 Å². The summed E-state index contributed by atoms with van der Waals surface area (Å²) in [7, 11) is 1.56. The topological polar surface area (TPSA) is 79.3 Å². The minimum absolute atomic E-state index is 0.0175. The number of nitrogens with zero attached hydrogens (tertiary/aromatic N) is 2. The monoisotopic (exact) mass is 464 g/mol. The highest BCUT2D eigenvalue weighted by molar-refractivity contribution is 6.46. The Morgan fingerprint density at radius 3 is 2.38 bits per heavy atom. The Morgan fingerprint density at radius 2 is 1.74 bits per heavy atom. The maximum absolute atomic E-state index is 13.2. The zero-order valence-corrected chi connectivity index (χ0v) is 20.0. The molecule has 0 radical (unpaired) electrons. The largest absolute Gasteiger partial charge is 0.507 e. The van der Waals surface area contributed by atoms with Gasteiger partial charge in [0.05, 0.1) is 24.8 Å². The number of amides is 1. The van der Waals surface area contributed by atoms with Gasteiger partial charge < -0.3 is 24.4 Å². The Kier molecular flexibility index (Phi) is 7.22. The van der Waals surface area contributed by atoms with Crippen LogP contribution in [0.25, 0.3) is 5.76 Å². The summed E-state index contributed by atoms with van der Waals surface area (Å²) in [4.78, 5) is 30.3. The summed E-state index contributed by atoms with van der Waals surface area (Å²) in [6.45, 7) is 6.98. The minimum atomic E-state index is -0.694. The van der Waals surface area contributed by atoms with Crippen molar-refractivity contribution in [1.82, 2.24) is 9.80 Å². The van der Waals surface area contributed by atoms with Crippen molar-refractivity contribution < 1.29 is 24.2 Å². The summed E-state index contributed by atoms with van der Waals surface area (Å²) in [6.07, 6.45) is 2.28. The van der Waals surface area contributed by atoms with Gasteiger partial charge in [0.25, 0.3) is 11.7 Å². The van der Waals surface area contributed by atoms with Crippen molar-refractivity contribution >= 4 is 17.4 Å². The summed E-state index contributed by atoms with van der Waals surface area (Å²) in [5.41, 5.74) is 1.28. The molecule has 2 aromatic carbocycles. The van der Waals surface area contributed by atoms with Crippen LogP contribution in [0.4, 0.5) is 0 Å². The molecular weight excluding hydrogens is 432 g/mol. The van der Waals surface area contributed by atoms with Gasteiger partial charge in [-0.2, -0.15) is 0 Å². The first-order valence-corrected chi connectivity index (χ1v) is 11.8. The molecule has 1 amide bonds. The molecule has 7 nitrogen and oxygen atoms in total. The highest BCUT2D eigenvalue weighted by atomic mass is 16.5. The summed E-state index contributed by atoms with van der Waals surface area (Å²) in [5.74, 6) is -0.158. The van der Waals surface area contributed by atoms with Crippen LogP contribution in [0.15, 0.2) is 54.1 Å². The van der Waals surface area contributed by atoms with Crippen molar-refractivity contribution in [3.63, 3.8) is 0 Å². The van der Waals surface area contributed by atoms with Crippen molar-refractivity contribution in [2.45, 2.75) is 38.8 Å². The van der Waals surface area contributed by atoms with Crippen LogP contribution in [0.3, 0.4) is 0 Å². The van der Waals surface area contributed by atoms with Crippen molar-refractivity contribution in [1.29, 1.82) is 0 Å². The number of hydrogen-bond donors (Lipinski definition) is 1. The summed E-state index contributed by atoms with van der Waals surface area (Å²) >= 11 is 0. The molecule has 2 saturated heterocycles. The molecular formula is C27H32N2O5. The Bertz CT molecular complexity index is 1070. The molecule has 34 heavy (non-hydrogen) atoms. The molecule has 1 unspecified atom stereocenters. The molecule has 2 aliphatic rings. The van der Waals surface area contributed by atoms with Gasteiger partial charge in [-0.1, -0.05) is 12.1 Å². The zero-order chi connectivity index (χ0) is 24.2. The van der Waals surface area contributed by atoms with Gasteiger partial charge in [0.2, 0.25) is 0 Å². The van der Waals surface area contributed by atoms with E-state index >= 15 is 0 Å². The fourth-order valence-electron chi connectivity index (χ4n) is 4.65. The van der Waals surface area contributed by atoms with Crippen LogP contribution in [-0.2, 0) is 9.59 Å². The number of carbonyl (C=O) groups is 2. The zero-order valence-electron chi connectivity index (χ0n) is 20.0. The molecule has 1 N–H and O–H groups in total. The number of Topliss-reactive ketones (excluding diaryl/α,β-unsaturated/α-hetero) is 1. The van der Waals surface area contributed by atoms with E-state index in [1.54, 1.807) is 36.3 Å². The number of ketones is 1. The van der Waals surface area contributed by atoms with Gasteiger partial charge in [-0.3, -0.25) is 9.59 Å². The molecule has 2 aromatic rings. The van der Waals surface area contributed by atoms with E-state index in [2.05, 4.69) is 4.90 Å². The lowest BCUT2D eigenvalue weighted by Crippen LogP contribution is -2.37. The third-order valence-corrected chi connectivity index (χ3v) is 6.30. The Hall–Kier alpha value is -3.32. The number of likely N-dealkylation sites (tertiary alicyclic amines) is 2. The number of benzene rings is 2. The SMILES string of the molecule is COc1ccc(/C(O)=C2\C(=O)C(=O)N(CCN3CCCC3)C2c2cccc(OC(C)C)c2)cc1. The molecule has 4 rings (SSSR count). The second-order valence-corrected chi connectivity index (χ2v) is 9.01. The third-order valence-electron chi connectivity index (χ3n) is 6.30. The molecule has 2 fully saturated rings. The second-order valence-electron chi connectivity index (χ2n) is 9.01. The molecule has 0 bridgehead atoms. The van der Waals surface area contributed by atoms with E-state index in [9.17, 15) is 14.7 Å². The molecule has 0 aromatic heterocycles. The van der Waals surface area contributed by atoms with Gasteiger partial charge in [0.15, 0.2) is 0 Å². The van der Waals surface area contributed by atoms with Crippen LogP contribution in [0.5, 0.6) is 11.5 Å². The average Bonchev–Trinajstić information content (AvgIpc) is 3.44. The molecule has 2 aliphatic heterocycles. The first kappa shape index (κ1) is 23.8. The van der Waals surface area contributed by atoms with E-state index in [1.807, 2.05) is 38.1 Å². The van der Waals surface area contributed by atoms with Crippen LogP contribution in [-0.4, -0.2) is 66.0 Å². The maximum atomic E-state index is 13.2. The van der Waals surface area contributed by atoms with Crippen molar-refractivity contribution in [3.05, 3.63) is 65.2 Å². The Balaban J connectivity index is 1.76. The predicted molar refractivity (Wildman–Crippen MR) is 130 cm³/mol. The standard InChI is InChI=1S/C27H32N2O5/c1-18(2)34-22-8-6-7-20(17-22)24-23(25(30)19-9-11-21(33-3)12-10-19)26(31)27(32)29(24)16-15-28-13-4-5-14-28/h6-12,17-18,24,30H,4-5,13-16H2,1-3H3/b25-23+. The fraction of sp³-hybridized carbons (Fsp3) is 0.407. The number of hydrogen-bond acceptors (Lipinski definition) is 6. The first-order chi connectivity index (χ1) is 16.4. The van der Waals surface area contributed by atoms with E-state index in [0.29, 0.717) is 30.2 Å². The second kappa shape index (κ2) is 10.3. The normalized spacial score (nSPS) is 20.4. The van der Waals surface area contributed by atoms with E-state index in [4.69, 9.17) is 9.47 Å². The third kappa shape index (κ3) is 4.94. The number of carbonyl (C=O) groups excluding carboxylic acids is 2. The number of ether oxygens (including phenoxy) is 2. The molecule has 2 heterocycles. The average molecular weight is 465 g/mol. The summed E-state index contributed by atoms with van der Waals surface area (Å²) in [5, 5.41) is 11.2. The van der Waals surface area contributed by atoms with Gasteiger partial charge in [0, 0.05) is 18.7 Å². The Labute approximate surface area is 200 Å². The maximum Gasteiger partial charge on any atom is 0.295 e. The smallest absolute Gasteiger partial charge is 0.295 e. The number of aliphatic hydroxyl groups is 1. The number of aliphatic hydroxyl groups excluding tert-OH is 1.